The molecule has 0 unspecified atom stereocenters. The first-order valence-electron chi connectivity index (χ1n) is 8.94. The monoisotopic (exact) mass is 380 g/mol. The lowest BCUT2D eigenvalue weighted by atomic mass is 9.79. The molecule has 2 aromatic carbocycles. The van der Waals surface area contributed by atoms with Crippen LogP contribution in [0.4, 0.5) is 17.6 Å². The van der Waals surface area contributed by atoms with Crippen LogP contribution in [0.3, 0.4) is 0 Å². The number of halogens is 4. The Morgan fingerprint density at radius 1 is 0.889 bits per heavy atom. The summed E-state index contributed by atoms with van der Waals surface area (Å²) in [5, 5.41) is 0. The first kappa shape index (κ1) is 19.4. The molecule has 27 heavy (non-hydrogen) atoms. The maximum Gasteiger partial charge on any atom is 0.346 e. The summed E-state index contributed by atoms with van der Waals surface area (Å²) in [6.45, 7) is 3.48. The van der Waals surface area contributed by atoms with Crippen LogP contribution in [0.1, 0.15) is 60.0 Å². The van der Waals surface area contributed by atoms with Gasteiger partial charge in [0.2, 0.25) is 5.82 Å². The van der Waals surface area contributed by atoms with Gasteiger partial charge >= 0.3 is 5.97 Å². The molecule has 3 rings (SSSR count). The van der Waals surface area contributed by atoms with Gasteiger partial charge in [0.15, 0.2) is 23.2 Å². The smallest absolute Gasteiger partial charge is 0.346 e. The predicted molar refractivity (Wildman–Crippen MR) is 92.8 cm³/mol. The lowest BCUT2D eigenvalue weighted by Gasteiger charge is -2.27. The lowest BCUT2D eigenvalue weighted by molar-refractivity contribution is 0.0720. The van der Waals surface area contributed by atoms with Gasteiger partial charge in [-0.2, -0.15) is 4.39 Å². The second-order valence-corrected chi connectivity index (χ2v) is 7.19. The molecule has 1 aliphatic carbocycles. The minimum Gasteiger partial charge on any atom is -0.420 e. The summed E-state index contributed by atoms with van der Waals surface area (Å²) in [5.41, 5.74) is -0.375. The van der Waals surface area contributed by atoms with Crippen molar-refractivity contribution in [2.45, 2.75) is 45.4 Å². The average molecular weight is 380 g/mol. The van der Waals surface area contributed by atoms with Crippen LogP contribution < -0.4 is 4.74 Å². The maximum absolute atomic E-state index is 14.5. The summed E-state index contributed by atoms with van der Waals surface area (Å²) in [5.74, 6) is -6.40. The molecule has 0 aromatic heterocycles. The fourth-order valence-corrected chi connectivity index (χ4v) is 3.47. The molecule has 1 aliphatic rings. The highest BCUT2D eigenvalue weighted by Gasteiger charge is 2.27. The van der Waals surface area contributed by atoms with E-state index in [1.165, 1.54) is 19.1 Å². The van der Waals surface area contributed by atoms with Crippen LogP contribution in [-0.2, 0) is 0 Å². The van der Waals surface area contributed by atoms with Crippen LogP contribution in [0.2, 0.25) is 0 Å². The number of aryl methyl sites for hydroxylation is 1. The largest absolute Gasteiger partial charge is 0.420 e. The topological polar surface area (TPSA) is 26.3 Å². The Bertz CT molecular complexity index is 871. The molecule has 0 saturated heterocycles. The van der Waals surface area contributed by atoms with Gasteiger partial charge in [0, 0.05) is 0 Å². The molecule has 1 fully saturated rings. The summed E-state index contributed by atoms with van der Waals surface area (Å²) in [7, 11) is 0. The van der Waals surface area contributed by atoms with Crippen LogP contribution in [0, 0.1) is 36.1 Å². The summed E-state index contributed by atoms with van der Waals surface area (Å²) in [4.78, 5) is 12.1. The Morgan fingerprint density at radius 3 is 2.22 bits per heavy atom. The lowest BCUT2D eigenvalue weighted by Crippen LogP contribution is -2.16. The number of rotatable bonds is 3. The zero-order chi connectivity index (χ0) is 19.7. The molecule has 0 radical (unpaired) electrons. The molecule has 0 heterocycles. The van der Waals surface area contributed by atoms with Gasteiger partial charge in [-0.15, -0.1) is 0 Å². The molecule has 2 aromatic rings. The third-order valence-corrected chi connectivity index (χ3v) is 5.23. The molecule has 144 valence electrons. The van der Waals surface area contributed by atoms with Crippen molar-refractivity contribution in [1.29, 1.82) is 0 Å². The zero-order valence-corrected chi connectivity index (χ0v) is 15.1. The van der Waals surface area contributed by atoms with Crippen LogP contribution in [0.15, 0.2) is 24.3 Å². The van der Waals surface area contributed by atoms with E-state index in [2.05, 4.69) is 6.92 Å². The first-order chi connectivity index (χ1) is 12.8. The summed E-state index contributed by atoms with van der Waals surface area (Å²) in [6.07, 6.45) is 3.39. The number of ether oxygens (including phenoxy) is 1. The van der Waals surface area contributed by atoms with E-state index in [1.54, 1.807) is 0 Å². The highest BCUT2D eigenvalue weighted by Crippen LogP contribution is 2.37. The number of benzene rings is 2. The Kier molecular flexibility index (Phi) is 5.53. The minimum absolute atomic E-state index is 0.0377. The van der Waals surface area contributed by atoms with Crippen LogP contribution >= 0.6 is 0 Å². The Hall–Kier alpha value is -2.37. The minimum atomic E-state index is -1.35. The predicted octanol–water partition coefficient (Wildman–Crippen LogP) is 6.06. The van der Waals surface area contributed by atoms with Crippen LogP contribution in [0.5, 0.6) is 5.75 Å². The zero-order valence-electron chi connectivity index (χ0n) is 15.1. The number of hydrogen-bond acceptors (Lipinski definition) is 2. The Labute approximate surface area is 155 Å². The highest BCUT2D eigenvalue weighted by molar-refractivity contribution is 5.91. The number of carbonyl (C=O) groups excluding carboxylic acids is 1. The van der Waals surface area contributed by atoms with Crippen molar-refractivity contribution in [3.05, 3.63) is 64.2 Å². The molecule has 0 aliphatic heterocycles. The van der Waals surface area contributed by atoms with Gasteiger partial charge in [-0.3, -0.25) is 0 Å². The van der Waals surface area contributed by atoms with Crippen molar-refractivity contribution in [2.75, 3.05) is 0 Å². The molecule has 0 spiro atoms. The Balaban J connectivity index is 1.84. The van der Waals surface area contributed by atoms with Crippen molar-refractivity contribution >= 4 is 5.97 Å². The van der Waals surface area contributed by atoms with Crippen molar-refractivity contribution in [1.82, 2.24) is 0 Å². The number of esters is 1. The molecule has 0 N–H and O–H groups in total. The van der Waals surface area contributed by atoms with E-state index in [-0.39, 0.29) is 17.0 Å². The van der Waals surface area contributed by atoms with Gasteiger partial charge in [-0.05, 0) is 54.9 Å². The molecular weight excluding hydrogens is 360 g/mol. The summed E-state index contributed by atoms with van der Waals surface area (Å²) >= 11 is 0. The van der Waals surface area contributed by atoms with E-state index in [1.807, 2.05) is 0 Å². The SMILES string of the molecule is Cc1ccc(OC(=O)c2ccc(C3CCC(C)CC3)c(F)c2F)c(F)c1F. The fourth-order valence-electron chi connectivity index (χ4n) is 3.47. The van der Waals surface area contributed by atoms with E-state index in [0.29, 0.717) is 5.92 Å². The maximum atomic E-state index is 14.5. The Morgan fingerprint density at radius 2 is 1.56 bits per heavy atom. The fraction of sp³-hybridized carbons (Fsp3) is 0.381. The van der Waals surface area contributed by atoms with E-state index >= 15 is 0 Å². The molecule has 0 atom stereocenters. The molecular formula is C21H20F4O2. The van der Waals surface area contributed by atoms with Gasteiger partial charge in [-0.1, -0.05) is 31.9 Å². The van der Waals surface area contributed by atoms with Crippen LogP contribution in [0.25, 0.3) is 0 Å². The number of hydrogen-bond donors (Lipinski definition) is 0. The van der Waals surface area contributed by atoms with E-state index in [0.717, 1.165) is 37.8 Å². The van der Waals surface area contributed by atoms with E-state index in [4.69, 9.17) is 4.74 Å². The van der Waals surface area contributed by atoms with Crippen molar-refractivity contribution in [3.63, 3.8) is 0 Å². The van der Waals surface area contributed by atoms with E-state index in [9.17, 15) is 22.4 Å². The second-order valence-electron chi connectivity index (χ2n) is 7.19. The molecule has 0 amide bonds. The second kappa shape index (κ2) is 7.71. The van der Waals surface area contributed by atoms with Crippen molar-refractivity contribution < 1.29 is 27.1 Å². The third-order valence-electron chi connectivity index (χ3n) is 5.23. The number of carbonyl (C=O) groups is 1. The first-order valence-corrected chi connectivity index (χ1v) is 8.94. The van der Waals surface area contributed by atoms with Crippen molar-refractivity contribution in [2.24, 2.45) is 5.92 Å². The summed E-state index contributed by atoms with van der Waals surface area (Å²) in [6, 6.07) is 4.81. The van der Waals surface area contributed by atoms with Gasteiger partial charge in [0.25, 0.3) is 0 Å². The quantitative estimate of drug-likeness (QED) is 0.367. The summed E-state index contributed by atoms with van der Waals surface area (Å²) < 4.78 is 61.1. The third kappa shape index (κ3) is 3.84. The molecule has 2 nitrogen and oxygen atoms in total. The molecule has 1 saturated carbocycles. The van der Waals surface area contributed by atoms with Gasteiger partial charge in [-0.25, -0.2) is 18.0 Å². The molecule has 0 bridgehead atoms. The standard InChI is InChI=1S/C21H20F4O2/c1-11-3-6-13(7-4-11)14-8-9-15(19(24)18(14)23)21(26)27-16-10-5-12(2)17(22)20(16)25/h5,8-11,13H,3-4,6-7H2,1-2H3. The van der Waals surface area contributed by atoms with Crippen molar-refractivity contribution in [3.8, 4) is 5.75 Å². The van der Waals surface area contributed by atoms with Crippen LogP contribution in [-0.4, -0.2) is 5.97 Å². The van der Waals surface area contributed by atoms with E-state index < -0.39 is 40.6 Å². The molecule has 6 heteroatoms. The highest BCUT2D eigenvalue weighted by atomic mass is 19.2. The van der Waals surface area contributed by atoms with Gasteiger partial charge in [0.1, 0.15) is 0 Å². The van der Waals surface area contributed by atoms with Gasteiger partial charge in [0.05, 0.1) is 5.56 Å². The normalized spacial score (nSPS) is 19.8. The van der Waals surface area contributed by atoms with Gasteiger partial charge < -0.3 is 4.74 Å². The average Bonchev–Trinajstić information content (AvgIpc) is 2.65.